The van der Waals surface area contributed by atoms with E-state index in [1.165, 1.54) is 32.4 Å². The van der Waals surface area contributed by atoms with E-state index in [1.807, 2.05) is 12.1 Å². The monoisotopic (exact) mass is 386 g/mol. The van der Waals surface area contributed by atoms with Crippen LogP contribution in [-0.4, -0.2) is 39.9 Å². The molecule has 0 unspecified atom stereocenters. The van der Waals surface area contributed by atoms with Crippen LogP contribution in [0.25, 0.3) is 6.08 Å². The Morgan fingerprint density at radius 3 is 2.11 bits per heavy atom. The molecule has 0 radical (unpaired) electrons. The fourth-order valence-electron chi connectivity index (χ4n) is 2.38. The summed E-state index contributed by atoms with van der Waals surface area (Å²) in [5.41, 5.74) is 0.885. The maximum atomic E-state index is 12.8. The highest BCUT2D eigenvalue weighted by Crippen LogP contribution is 2.35. The molecule has 0 aromatic heterocycles. The van der Waals surface area contributed by atoms with Crippen molar-refractivity contribution in [3.63, 3.8) is 0 Å². The van der Waals surface area contributed by atoms with Crippen LogP contribution in [0.4, 0.5) is 4.79 Å². The van der Waals surface area contributed by atoms with Gasteiger partial charge in [0.2, 0.25) is 0 Å². The Morgan fingerprint density at radius 1 is 0.893 bits per heavy atom. The standard InChI is InChI=1S/C21H22O7/c1-5-27-21(23)28-19-13-16(25-3)12-18(26-4)20(19)17(22)11-8-14-6-9-15(24-2)10-7-14/h6-13H,5H2,1-4H3/b11-8+. The number of hydrogen-bond donors (Lipinski definition) is 0. The second-order valence-corrected chi connectivity index (χ2v) is 5.46. The van der Waals surface area contributed by atoms with Gasteiger partial charge in [-0.3, -0.25) is 4.79 Å². The normalized spacial score (nSPS) is 10.4. The summed E-state index contributed by atoms with van der Waals surface area (Å²) in [4.78, 5) is 24.6. The molecular formula is C21H22O7. The predicted molar refractivity (Wildman–Crippen MR) is 104 cm³/mol. The van der Waals surface area contributed by atoms with Gasteiger partial charge in [-0.2, -0.15) is 0 Å². The summed E-state index contributed by atoms with van der Waals surface area (Å²) in [6.45, 7) is 1.79. The van der Waals surface area contributed by atoms with Gasteiger partial charge in [0.25, 0.3) is 0 Å². The van der Waals surface area contributed by atoms with Crippen molar-refractivity contribution < 1.29 is 33.3 Å². The average molecular weight is 386 g/mol. The summed E-state index contributed by atoms with van der Waals surface area (Å²) in [7, 11) is 4.44. The Morgan fingerprint density at radius 2 is 1.54 bits per heavy atom. The van der Waals surface area contributed by atoms with Gasteiger partial charge in [0.1, 0.15) is 22.8 Å². The Labute approximate surface area is 163 Å². The summed E-state index contributed by atoms with van der Waals surface area (Å²) >= 11 is 0. The van der Waals surface area contributed by atoms with Gasteiger partial charge >= 0.3 is 6.16 Å². The zero-order valence-corrected chi connectivity index (χ0v) is 16.2. The van der Waals surface area contributed by atoms with E-state index in [9.17, 15) is 9.59 Å². The molecule has 0 amide bonds. The van der Waals surface area contributed by atoms with Crippen molar-refractivity contribution in [3.8, 4) is 23.0 Å². The summed E-state index contributed by atoms with van der Waals surface area (Å²) in [5, 5.41) is 0. The van der Waals surface area contributed by atoms with Gasteiger partial charge in [-0.05, 0) is 30.7 Å². The SMILES string of the molecule is CCOC(=O)Oc1cc(OC)cc(OC)c1C(=O)/C=C/c1ccc(OC)cc1. The maximum Gasteiger partial charge on any atom is 0.513 e. The van der Waals surface area contributed by atoms with E-state index >= 15 is 0 Å². The summed E-state index contributed by atoms with van der Waals surface area (Å²) < 4.78 is 25.5. The van der Waals surface area contributed by atoms with Crippen molar-refractivity contribution in [2.75, 3.05) is 27.9 Å². The van der Waals surface area contributed by atoms with E-state index in [0.29, 0.717) is 11.5 Å². The first kappa shape index (κ1) is 20.8. The Balaban J connectivity index is 2.37. The van der Waals surface area contributed by atoms with Crippen molar-refractivity contribution in [1.29, 1.82) is 0 Å². The Hall–Kier alpha value is -3.48. The van der Waals surface area contributed by atoms with Crippen LogP contribution >= 0.6 is 0 Å². The second kappa shape index (κ2) is 10.0. The average Bonchev–Trinajstić information content (AvgIpc) is 2.71. The van der Waals surface area contributed by atoms with Crippen LogP contribution in [0.15, 0.2) is 42.5 Å². The van der Waals surface area contributed by atoms with Crippen LogP contribution in [0.1, 0.15) is 22.8 Å². The molecule has 0 aliphatic rings. The zero-order valence-electron chi connectivity index (χ0n) is 16.2. The molecule has 0 atom stereocenters. The number of rotatable bonds is 8. The van der Waals surface area contributed by atoms with Crippen molar-refractivity contribution in [2.45, 2.75) is 6.92 Å². The lowest BCUT2D eigenvalue weighted by atomic mass is 10.1. The molecule has 2 rings (SSSR count). The van der Waals surface area contributed by atoms with Crippen LogP contribution in [0.3, 0.4) is 0 Å². The van der Waals surface area contributed by atoms with Crippen LogP contribution in [-0.2, 0) is 4.74 Å². The Kier molecular flexibility index (Phi) is 7.45. The molecule has 0 N–H and O–H groups in total. The van der Waals surface area contributed by atoms with Gasteiger partial charge in [0, 0.05) is 12.1 Å². The lowest BCUT2D eigenvalue weighted by Crippen LogP contribution is -2.13. The number of benzene rings is 2. The highest BCUT2D eigenvalue weighted by Gasteiger charge is 2.21. The van der Waals surface area contributed by atoms with Crippen LogP contribution in [0.2, 0.25) is 0 Å². The molecule has 0 aliphatic carbocycles. The van der Waals surface area contributed by atoms with Gasteiger partial charge in [-0.25, -0.2) is 4.79 Å². The number of carbonyl (C=O) groups is 2. The van der Waals surface area contributed by atoms with Gasteiger partial charge in [-0.1, -0.05) is 18.2 Å². The fraction of sp³-hybridized carbons (Fsp3) is 0.238. The quantitative estimate of drug-likeness (QED) is 0.292. The third-order valence-corrected chi connectivity index (χ3v) is 3.74. The number of carbonyl (C=O) groups excluding carboxylic acids is 2. The van der Waals surface area contributed by atoms with E-state index in [0.717, 1.165) is 5.56 Å². The molecule has 2 aromatic rings. The second-order valence-electron chi connectivity index (χ2n) is 5.46. The number of methoxy groups -OCH3 is 3. The first-order valence-corrected chi connectivity index (χ1v) is 8.49. The van der Waals surface area contributed by atoms with Crippen molar-refractivity contribution in [1.82, 2.24) is 0 Å². The highest BCUT2D eigenvalue weighted by atomic mass is 16.7. The van der Waals surface area contributed by atoms with Crippen LogP contribution in [0, 0.1) is 0 Å². The van der Waals surface area contributed by atoms with Crippen molar-refractivity contribution in [2.24, 2.45) is 0 Å². The molecule has 0 saturated heterocycles. The smallest absolute Gasteiger partial charge is 0.497 e. The predicted octanol–water partition coefficient (Wildman–Crippen LogP) is 4.14. The molecule has 0 spiro atoms. The molecule has 2 aromatic carbocycles. The van der Waals surface area contributed by atoms with Gasteiger partial charge in [0.05, 0.1) is 27.9 Å². The highest BCUT2D eigenvalue weighted by molar-refractivity contribution is 6.11. The minimum absolute atomic E-state index is 0.0148. The molecule has 0 bridgehead atoms. The first-order valence-electron chi connectivity index (χ1n) is 8.49. The Bertz CT molecular complexity index is 854. The minimum atomic E-state index is -0.925. The molecule has 7 nitrogen and oxygen atoms in total. The third-order valence-electron chi connectivity index (χ3n) is 3.74. The van der Waals surface area contributed by atoms with Crippen molar-refractivity contribution in [3.05, 3.63) is 53.6 Å². The summed E-state index contributed by atoms with van der Waals surface area (Å²) in [6.07, 6.45) is 2.08. The lowest BCUT2D eigenvalue weighted by molar-refractivity contribution is 0.100. The molecular weight excluding hydrogens is 364 g/mol. The van der Waals surface area contributed by atoms with E-state index in [2.05, 4.69) is 0 Å². The van der Waals surface area contributed by atoms with E-state index in [4.69, 9.17) is 23.7 Å². The lowest BCUT2D eigenvalue weighted by Gasteiger charge is -2.13. The third kappa shape index (κ3) is 5.26. The maximum absolute atomic E-state index is 12.8. The van der Waals surface area contributed by atoms with Gasteiger partial charge < -0.3 is 23.7 Å². The fourth-order valence-corrected chi connectivity index (χ4v) is 2.38. The molecule has 0 heterocycles. The van der Waals surface area contributed by atoms with E-state index in [-0.39, 0.29) is 23.7 Å². The number of ketones is 1. The largest absolute Gasteiger partial charge is 0.513 e. The molecule has 0 aliphatic heterocycles. The van der Waals surface area contributed by atoms with Crippen LogP contribution in [0.5, 0.6) is 23.0 Å². The number of ether oxygens (including phenoxy) is 5. The van der Waals surface area contributed by atoms with Crippen LogP contribution < -0.4 is 18.9 Å². The summed E-state index contributed by atoms with van der Waals surface area (Å²) in [5.74, 6) is 0.869. The van der Waals surface area contributed by atoms with E-state index < -0.39 is 11.9 Å². The topological polar surface area (TPSA) is 80.3 Å². The van der Waals surface area contributed by atoms with Gasteiger partial charge in [-0.15, -0.1) is 0 Å². The molecule has 148 valence electrons. The molecule has 0 saturated carbocycles. The molecule has 28 heavy (non-hydrogen) atoms. The number of hydrogen-bond acceptors (Lipinski definition) is 7. The summed E-state index contributed by atoms with van der Waals surface area (Å²) in [6, 6.07) is 10.1. The number of allylic oxidation sites excluding steroid dienone is 1. The van der Waals surface area contributed by atoms with Gasteiger partial charge in [0.15, 0.2) is 11.5 Å². The zero-order chi connectivity index (χ0) is 20.5. The van der Waals surface area contributed by atoms with E-state index in [1.54, 1.807) is 32.2 Å². The van der Waals surface area contributed by atoms with Crippen molar-refractivity contribution >= 4 is 18.0 Å². The minimum Gasteiger partial charge on any atom is -0.497 e. The molecule has 0 fully saturated rings. The first-order chi connectivity index (χ1) is 13.5. The molecule has 7 heteroatoms.